The predicted molar refractivity (Wildman–Crippen MR) is 64.3 cm³/mol. The van der Waals surface area contributed by atoms with Crippen molar-refractivity contribution in [3.63, 3.8) is 0 Å². The molecule has 0 saturated heterocycles. The van der Waals surface area contributed by atoms with Crippen LogP contribution in [0.2, 0.25) is 0 Å². The summed E-state index contributed by atoms with van der Waals surface area (Å²) in [5.74, 6) is 0. The molecule has 0 fully saturated rings. The van der Waals surface area contributed by atoms with Crippen molar-refractivity contribution in [1.29, 1.82) is 0 Å². The van der Waals surface area contributed by atoms with Gasteiger partial charge in [0.15, 0.2) is 0 Å². The van der Waals surface area contributed by atoms with Gasteiger partial charge in [0.2, 0.25) is 0 Å². The molecule has 0 aromatic carbocycles. The standard InChI is InChI=1S/C13H18N2O/c1-2-7-15-13(5-1)6-8-14-10-12-4-3-9-16-11-12/h1-2,4-5,7,14H,3,6,8-11H2. The van der Waals surface area contributed by atoms with Crippen molar-refractivity contribution in [3.8, 4) is 0 Å². The molecule has 3 heteroatoms. The molecule has 0 unspecified atom stereocenters. The van der Waals surface area contributed by atoms with Gasteiger partial charge >= 0.3 is 0 Å². The van der Waals surface area contributed by atoms with Crippen molar-refractivity contribution in [3.05, 3.63) is 41.7 Å². The van der Waals surface area contributed by atoms with Crippen LogP contribution < -0.4 is 5.32 Å². The third kappa shape index (κ3) is 3.76. The van der Waals surface area contributed by atoms with Gasteiger partial charge in [0.25, 0.3) is 0 Å². The van der Waals surface area contributed by atoms with E-state index >= 15 is 0 Å². The molecule has 1 aliphatic rings. The van der Waals surface area contributed by atoms with E-state index in [2.05, 4.69) is 22.4 Å². The van der Waals surface area contributed by atoms with Gasteiger partial charge in [-0.3, -0.25) is 4.98 Å². The molecule has 1 aromatic rings. The Morgan fingerprint density at radius 2 is 2.38 bits per heavy atom. The summed E-state index contributed by atoms with van der Waals surface area (Å²) in [5, 5.41) is 3.42. The Morgan fingerprint density at radius 3 is 3.12 bits per heavy atom. The van der Waals surface area contributed by atoms with E-state index in [0.717, 1.165) is 44.8 Å². The molecule has 3 nitrogen and oxygen atoms in total. The van der Waals surface area contributed by atoms with E-state index in [1.54, 1.807) is 0 Å². The summed E-state index contributed by atoms with van der Waals surface area (Å²) in [4.78, 5) is 4.28. The molecule has 0 bridgehead atoms. The number of hydrogen-bond donors (Lipinski definition) is 1. The third-order valence-corrected chi connectivity index (χ3v) is 2.62. The number of pyridine rings is 1. The number of nitrogens with one attached hydrogen (secondary N) is 1. The van der Waals surface area contributed by atoms with E-state index in [0.29, 0.717) is 0 Å². The highest BCUT2D eigenvalue weighted by atomic mass is 16.5. The van der Waals surface area contributed by atoms with Crippen LogP contribution in [0.25, 0.3) is 0 Å². The molecule has 0 atom stereocenters. The van der Waals surface area contributed by atoms with E-state index in [9.17, 15) is 0 Å². The van der Waals surface area contributed by atoms with Gasteiger partial charge in [-0.05, 0) is 24.1 Å². The third-order valence-electron chi connectivity index (χ3n) is 2.62. The molecule has 0 radical (unpaired) electrons. The zero-order chi connectivity index (χ0) is 11.1. The minimum absolute atomic E-state index is 0.788. The van der Waals surface area contributed by atoms with Crippen molar-refractivity contribution in [2.45, 2.75) is 12.8 Å². The number of nitrogens with zero attached hydrogens (tertiary/aromatic N) is 1. The minimum Gasteiger partial charge on any atom is -0.377 e. The zero-order valence-corrected chi connectivity index (χ0v) is 9.48. The minimum atomic E-state index is 0.788. The fourth-order valence-corrected chi connectivity index (χ4v) is 1.74. The lowest BCUT2D eigenvalue weighted by atomic mass is 10.2. The first-order valence-electron chi connectivity index (χ1n) is 5.81. The zero-order valence-electron chi connectivity index (χ0n) is 9.48. The molecule has 16 heavy (non-hydrogen) atoms. The molecule has 1 N–H and O–H groups in total. The fraction of sp³-hybridized carbons (Fsp3) is 0.462. The van der Waals surface area contributed by atoms with Gasteiger partial charge in [0, 0.05) is 31.4 Å². The van der Waals surface area contributed by atoms with Crippen LogP contribution in [0.4, 0.5) is 0 Å². The largest absolute Gasteiger partial charge is 0.377 e. The summed E-state index contributed by atoms with van der Waals surface area (Å²) in [6.45, 7) is 3.56. The summed E-state index contributed by atoms with van der Waals surface area (Å²) in [5.41, 5.74) is 2.51. The van der Waals surface area contributed by atoms with Crippen LogP contribution in [0, 0.1) is 0 Å². The van der Waals surface area contributed by atoms with Crippen LogP contribution in [0.3, 0.4) is 0 Å². The molecule has 2 heterocycles. The quantitative estimate of drug-likeness (QED) is 0.601. The number of ether oxygens (including phenoxy) is 1. The van der Waals surface area contributed by atoms with Crippen molar-refractivity contribution in [1.82, 2.24) is 10.3 Å². The summed E-state index contributed by atoms with van der Waals surface area (Å²) < 4.78 is 5.38. The molecule has 1 aromatic heterocycles. The predicted octanol–water partition coefficient (Wildman–Crippen LogP) is 1.56. The van der Waals surface area contributed by atoms with Crippen molar-refractivity contribution >= 4 is 0 Å². The van der Waals surface area contributed by atoms with Crippen LogP contribution in [0.5, 0.6) is 0 Å². The number of aromatic nitrogens is 1. The summed E-state index contributed by atoms with van der Waals surface area (Å²) in [7, 11) is 0. The van der Waals surface area contributed by atoms with Crippen LogP contribution in [-0.2, 0) is 11.2 Å². The van der Waals surface area contributed by atoms with E-state index < -0.39 is 0 Å². The molecule has 1 aliphatic heterocycles. The van der Waals surface area contributed by atoms with Gasteiger partial charge in [0.1, 0.15) is 0 Å². The highest BCUT2D eigenvalue weighted by Crippen LogP contribution is 2.03. The maximum atomic E-state index is 5.38. The Morgan fingerprint density at radius 1 is 1.38 bits per heavy atom. The lowest BCUT2D eigenvalue weighted by Crippen LogP contribution is -2.23. The van der Waals surface area contributed by atoms with Gasteiger partial charge < -0.3 is 10.1 Å². The van der Waals surface area contributed by atoms with E-state index in [4.69, 9.17) is 4.74 Å². The highest BCUT2D eigenvalue weighted by molar-refractivity contribution is 5.07. The number of rotatable bonds is 5. The van der Waals surface area contributed by atoms with Crippen molar-refractivity contribution < 1.29 is 4.74 Å². The Hall–Kier alpha value is -1.19. The highest BCUT2D eigenvalue weighted by Gasteiger charge is 2.02. The Balaban J connectivity index is 1.63. The molecule has 86 valence electrons. The normalized spacial score (nSPS) is 15.9. The molecule has 0 aliphatic carbocycles. The van der Waals surface area contributed by atoms with E-state index in [-0.39, 0.29) is 0 Å². The molecular formula is C13H18N2O. The molecular weight excluding hydrogens is 200 g/mol. The van der Waals surface area contributed by atoms with Crippen molar-refractivity contribution in [2.75, 3.05) is 26.3 Å². The molecule has 0 spiro atoms. The van der Waals surface area contributed by atoms with Crippen LogP contribution in [0.1, 0.15) is 12.1 Å². The Bertz CT molecular complexity index is 335. The monoisotopic (exact) mass is 218 g/mol. The van der Waals surface area contributed by atoms with Gasteiger partial charge in [-0.2, -0.15) is 0 Å². The smallest absolute Gasteiger partial charge is 0.0689 e. The average Bonchev–Trinajstić information content (AvgIpc) is 2.37. The van der Waals surface area contributed by atoms with E-state index in [1.807, 2.05) is 18.3 Å². The molecule has 0 saturated carbocycles. The Labute approximate surface area is 96.5 Å². The lowest BCUT2D eigenvalue weighted by molar-refractivity contribution is 0.149. The van der Waals surface area contributed by atoms with Gasteiger partial charge in [-0.25, -0.2) is 0 Å². The summed E-state index contributed by atoms with van der Waals surface area (Å²) >= 11 is 0. The van der Waals surface area contributed by atoms with Crippen molar-refractivity contribution in [2.24, 2.45) is 0 Å². The second kappa shape index (κ2) is 6.40. The maximum Gasteiger partial charge on any atom is 0.0689 e. The molecule has 0 amide bonds. The van der Waals surface area contributed by atoms with Gasteiger partial charge in [0.05, 0.1) is 13.2 Å². The second-order valence-corrected chi connectivity index (χ2v) is 3.95. The SMILES string of the molecule is C1=C(CNCCc2ccccn2)COCC1. The summed E-state index contributed by atoms with van der Waals surface area (Å²) in [6, 6.07) is 6.03. The first-order chi connectivity index (χ1) is 7.95. The number of hydrogen-bond acceptors (Lipinski definition) is 3. The van der Waals surface area contributed by atoms with Crippen LogP contribution >= 0.6 is 0 Å². The second-order valence-electron chi connectivity index (χ2n) is 3.95. The topological polar surface area (TPSA) is 34.2 Å². The summed E-state index contributed by atoms with van der Waals surface area (Å²) in [6.07, 6.45) is 6.15. The maximum absolute atomic E-state index is 5.38. The Kier molecular flexibility index (Phi) is 4.52. The first kappa shape index (κ1) is 11.3. The first-order valence-corrected chi connectivity index (χ1v) is 5.81. The van der Waals surface area contributed by atoms with Crippen LogP contribution in [-0.4, -0.2) is 31.3 Å². The average molecular weight is 218 g/mol. The van der Waals surface area contributed by atoms with E-state index in [1.165, 1.54) is 5.57 Å². The van der Waals surface area contributed by atoms with Crippen LogP contribution in [0.15, 0.2) is 36.0 Å². The van der Waals surface area contributed by atoms with Gasteiger partial charge in [-0.1, -0.05) is 12.1 Å². The molecule has 2 rings (SSSR count). The fourth-order valence-electron chi connectivity index (χ4n) is 1.74. The van der Waals surface area contributed by atoms with Gasteiger partial charge in [-0.15, -0.1) is 0 Å². The lowest BCUT2D eigenvalue weighted by Gasteiger charge is -2.14.